The van der Waals surface area contributed by atoms with E-state index in [9.17, 15) is 14.4 Å². The van der Waals surface area contributed by atoms with Crippen molar-refractivity contribution in [1.29, 1.82) is 0 Å². The molecule has 2 aliphatic rings. The summed E-state index contributed by atoms with van der Waals surface area (Å²) in [6.07, 6.45) is 0.998. The number of rotatable bonds is 7. The molecule has 3 aromatic rings. The van der Waals surface area contributed by atoms with Crippen molar-refractivity contribution in [3.05, 3.63) is 78.4 Å². The highest BCUT2D eigenvalue weighted by Crippen LogP contribution is 2.39. The standard InChI is InChI=1S/C29H32N4O4/c1-37-19-16-30-26(34)20-32-21-33(23-10-3-2-4-11-23)29(28(32)36)14-17-31(18-15-29)27(35)25-13-7-9-22-8-5-6-12-24(22)25/h2-13H,14-21H2,1H3,(H,30,34). The predicted octanol–water partition coefficient (Wildman–Crippen LogP) is 2.88. The van der Waals surface area contributed by atoms with Gasteiger partial charge in [0.2, 0.25) is 5.91 Å². The van der Waals surface area contributed by atoms with Crippen LogP contribution in [0.1, 0.15) is 23.2 Å². The normalized spacial score (nSPS) is 17.0. The fourth-order valence-corrected chi connectivity index (χ4v) is 5.51. The first-order chi connectivity index (χ1) is 18.0. The Morgan fingerprint density at radius 3 is 2.41 bits per heavy atom. The number of ether oxygens (including phenoxy) is 1. The average molecular weight is 501 g/mol. The van der Waals surface area contributed by atoms with Crippen LogP contribution in [0.15, 0.2) is 72.8 Å². The number of hydrogen-bond acceptors (Lipinski definition) is 5. The Morgan fingerprint density at radius 2 is 1.65 bits per heavy atom. The lowest BCUT2D eigenvalue weighted by Gasteiger charge is -2.43. The Morgan fingerprint density at radius 1 is 0.946 bits per heavy atom. The van der Waals surface area contributed by atoms with Crippen molar-refractivity contribution in [1.82, 2.24) is 15.1 Å². The lowest BCUT2D eigenvalue weighted by Crippen LogP contribution is -2.57. The molecule has 37 heavy (non-hydrogen) atoms. The average Bonchev–Trinajstić information content (AvgIpc) is 3.19. The van der Waals surface area contributed by atoms with Gasteiger partial charge in [0.25, 0.3) is 11.8 Å². The van der Waals surface area contributed by atoms with Crippen molar-refractivity contribution in [3.63, 3.8) is 0 Å². The first-order valence-electron chi connectivity index (χ1n) is 12.7. The number of carbonyl (C=O) groups excluding carboxylic acids is 3. The monoisotopic (exact) mass is 500 g/mol. The number of carbonyl (C=O) groups is 3. The third-order valence-electron chi connectivity index (χ3n) is 7.44. The molecule has 1 N–H and O–H groups in total. The molecule has 192 valence electrons. The van der Waals surface area contributed by atoms with Gasteiger partial charge in [0, 0.05) is 38.0 Å². The smallest absolute Gasteiger partial charge is 0.254 e. The highest BCUT2D eigenvalue weighted by molar-refractivity contribution is 6.07. The third-order valence-corrected chi connectivity index (χ3v) is 7.44. The number of piperidine rings is 1. The van der Waals surface area contributed by atoms with Crippen molar-refractivity contribution in [2.75, 3.05) is 51.5 Å². The minimum Gasteiger partial charge on any atom is -0.383 e. The molecule has 8 nitrogen and oxygen atoms in total. The molecule has 5 rings (SSSR count). The minimum atomic E-state index is -0.788. The van der Waals surface area contributed by atoms with Crippen LogP contribution in [0.4, 0.5) is 5.69 Å². The number of anilines is 1. The van der Waals surface area contributed by atoms with Crippen LogP contribution in [-0.2, 0) is 14.3 Å². The molecule has 2 heterocycles. The van der Waals surface area contributed by atoms with Crippen molar-refractivity contribution < 1.29 is 19.1 Å². The maximum absolute atomic E-state index is 13.8. The summed E-state index contributed by atoms with van der Waals surface area (Å²) in [6.45, 7) is 2.07. The van der Waals surface area contributed by atoms with Crippen LogP contribution in [0.3, 0.4) is 0 Å². The van der Waals surface area contributed by atoms with Gasteiger partial charge in [-0.1, -0.05) is 54.6 Å². The number of fused-ring (bicyclic) bond motifs is 1. The first kappa shape index (κ1) is 24.8. The second-order valence-electron chi connectivity index (χ2n) is 9.60. The number of nitrogens with zero attached hydrogens (tertiary/aromatic N) is 3. The summed E-state index contributed by atoms with van der Waals surface area (Å²) in [5.74, 6) is -0.285. The second kappa shape index (κ2) is 10.6. The van der Waals surface area contributed by atoms with E-state index in [2.05, 4.69) is 10.2 Å². The van der Waals surface area contributed by atoms with Crippen LogP contribution in [0.5, 0.6) is 0 Å². The fraction of sp³-hybridized carbons (Fsp3) is 0.345. The molecule has 2 fully saturated rings. The molecular weight excluding hydrogens is 468 g/mol. The van der Waals surface area contributed by atoms with Gasteiger partial charge >= 0.3 is 0 Å². The van der Waals surface area contributed by atoms with Gasteiger partial charge < -0.3 is 24.8 Å². The summed E-state index contributed by atoms with van der Waals surface area (Å²) in [5.41, 5.74) is 0.831. The van der Waals surface area contributed by atoms with Crippen molar-refractivity contribution in [2.45, 2.75) is 18.4 Å². The zero-order chi connectivity index (χ0) is 25.8. The fourth-order valence-electron chi connectivity index (χ4n) is 5.51. The summed E-state index contributed by atoms with van der Waals surface area (Å²) >= 11 is 0. The van der Waals surface area contributed by atoms with E-state index in [0.29, 0.717) is 51.3 Å². The molecule has 3 amide bonds. The summed E-state index contributed by atoms with van der Waals surface area (Å²) < 4.78 is 5.00. The van der Waals surface area contributed by atoms with Gasteiger partial charge in [-0.2, -0.15) is 0 Å². The molecule has 0 aliphatic carbocycles. The molecule has 0 saturated carbocycles. The molecule has 0 radical (unpaired) electrons. The van der Waals surface area contributed by atoms with Crippen molar-refractivity contribution in [2.24, 2.45) is 0 Å². The second-order valence-corrected chi connectivity index (χ2v) is 9.60. The van der Waals surface area contributed by atoms with Crippen molar-refractivity contribution >= 4 is 34.2 Å². The first-order valence-corrected chi connectivity index (χ1v) is 12.7. The molecular formula is C29H32N4O4. The predicted molar refractivity (Wildman–Crippen MR) is 142 cm³/mol. The topological polar surface area (TPSA) is 82.2 Å². The Kier molecular flexibility index (Phi) is 7.10. The van der Waals surface area contributed by atoms with Crippen LogP contribution in [0.25, 0.3) is 10.8 Å². The minimum absolute atomic E-state index is 0.00766. The van der Waals surface area contributed by atoms with E-state index in [1.54, 1.807) is 12.0 Å². The van der Waals surface area contributed by atoms with Gasteiger partial charge in [-0.05, 0) is 41.8 Å². The molecule has 8 heteroatoms. The molecule has 0 atom stereocenters. The van der Waals surface area contributed by atoms with E-state index in [0.717, 1.165) is 16.5 Å². The Hall–Kier alpha value is -3.91. The third kappa shape index (κ3) is 4.76. The van der Waals surface area contributed by atoms with Gasteiger partial charge in [-0.15, -0.1) is 0 Å². The molecule has 2 saturated heterocycles. The van der Waals surface area contributed by atoms with E-state index < -0.39 is 5.54 Å². The maximum atomic E-state index is 13.8. The SMILES string of the molecule is COCCNC(=O)CN1CN(c2ccccc2)C2(CCN(C(=O)c3cccc4ccccc34)CC2)C1=O. The summed E-state index contributed by atoms with van der Waals surface area (Å²) in [5, 5.41) is 4.77. The van der Waals surface area contributed by atoms with Crippen LogP contribution in [-0.4, -0.2) is 79.6 Å². The van der Waals surface area contributed by atoms with Gasteiger partial charge in [0.1, 0.15) is 12.1 Å². The molecule has 1 spiro atoms. The lowest BCUT2D eigenvalue weighted by molar-refractivity contribution is -0.137. The lowest BCUT2D eigenvalue weighted by atomic mass is 9.85. The Labute approximate surface area is 216 Å². The summed E-state index contributed by atoms with van der Waals surface area (Å²) in [6, 6.07) is 23.5. The molecule has 0 bridgehead atoms. The van der Waals surface area contributed by atoms with Gasteiger partial charge in [-0.25, -0.2) is 0 Å². The van der Waals surface area contributed by atoms with Gasteiger partial charge in [-0.3, -0.25) is 14.4 Å². The largest absolute Gasteiger partial charge is 0.383 e. The van der Waals surface area contributed by atoms with Crippen LogP contribution >= 0.6 is 0 Å². The van der Waals surface area contributed by atoms with E-state index >= 15 is 0 Å². The number of likely N-dealkylation sites (tertiary alicyclic amines) is 1. The van der Waals surface area contributed by atoms with Crippen LogP contribution in [0, 0.1) is 0 Å². The number of methoxy groups -OCH3 is 1. The van der Waals surface area contributed by atoms with E-state index in [4.69, 9.17) is 4.74 Å². The van der Waals surface area contributed by atoms with Gasteiger partial charge in [0.15, 0.2) is 0 Å². The zero-order valence-electron chi connectivity index (χ0n) is 21.1. The van der Waals surface area contributed by atoms with E-state index in [1.165, 1.54) is 0 Å². The summed E-state index contributed by atoms with van der Waals surface area (Å²) in [4.78, 5) is 45.5. The molecule has 0 aromatic heterocycles. The van der Waals surface area contributed by atoms with Crippen LogP contribution in [0.2, 0.25) is 0 Å². The quantitative estimate of drug-likeness (QED) is 0.505. The molecule has 0 unspecified atom stereocenters. The Balaban J connectivity index is 1.35. The van der Waals surface area contributed by atoms with E-state index in [-0.39, 0.29) is 24.3 Å². The molecule has 3 aromatic carbocycles. The highest BCUT2D eigenvalue weighted by atomic mass is 16.5. The van der Waals surface area contributed by atoms with Crippen molar-refractivity contribution in [3.8, 4) is 0 Å². The number of amides is 3. The maximum Gasteiger partial charge on any atom is 0.254 e. The number of hydrogen-bond donors (Lipinski definition) is 1. The number of nitrogens with one attached hydrogen (secondary N) is 1. The van der Waals surface area contributed by atoms with Gasteiger partial charge in [0.05, 0.1) is 13.3 Å². The summed E-state index contributed by atoms with van der Waals surface area (Å²) in [7, 11) is 1.58. The Bertz CT molecular complexity index is 1280. The highest BCUT2D eigenvalue weighted by Gasteiger charge is 2.54. The number of benzene rings is 3. The molecule has 2 aliphatic heterocycles. The van der Waals surface area contributed by atoms with Crippen LogP contribution < -0.4 is 10.2 Å². The number of para-hydroxylation sites is 1. The van der Waals surface area contributed by atoms with E-state index in [1.807, 2.05) is 77.7 Å². The zero-order valence-corrected chi connectivity index (χ0v) is 21.1.